The van der Waals surface area contributed by atoms with Crippen molar-refractivity contribution in [1.29, 1.82) is 0 Å². The van der Waals surface area contributed by atoms with Gasteiger partial charge in [0.15, 0.2) is 0 Å². The van der Waals surface area contributed by atoms with Gasteiger partial charge in [0, 0.05) is 27.6 Å². The molecule has 1 heterocycles. The smallest absolute Gasteiger partial charge is 0.354 e. The minimum atomic E-state index is -1.03. The highest BCUT2D eigenvalue weighted by atomic mass is 16.5. The first-order chi connectivity index (χ1) is 15.1. The Hall–Kier alpha value is -4.30. The molecule has 0 aliphatic carbocycles. The first kappa shape index (κ1) is 20.0. The van der Waals surface area contributed by atoms with E-state index in [1.165, 1.54) is 0 Å². The number of carboxylic acid groups (broad SMARTS) is 1. The number of nitrogens with one attached hydrogen (secondary N) is 1. The lowest BCUT2D eigenvalue weighted by molar-refractivity contribution is 0.0520. The van der Waals surface area contributed by atoms with Gasteiger partial charge >= 0.3 is 11.9 Å². The van der Waals surface area contributed by atoms with Crippen molar-refractivity contribution in [2.75, 3.05) is 6.61 Å². The number of carbonyl (C=O) groups excluding carboxylic acids is 1. The average molecular weight is 409 g/mol. The summed E-state index contributed by atoms with van der Waals surface area (Å²) in [6.07, 6.45) is 0. The van der Waals surface area contributed by atoms with Crippen LogP contribution in [0.4, 0.5) is 0 Å². The summed E-state index contributed by atoms with van der Waals surface area (Å²) in [7, 11) is 0. The summed E-state index contributed by atoms with van der Waals surface area (Å²) in [6.45, 7) is 2.04. The van der Waals surface area contributed by atoms with Crippen molar-refractivity contribution in [3.8, 4) is 23.0 Å². The van der Waals surface area contributed by atoms with Gasteiger partial charge in [-0.3, -0.25) is 0 Å². The molecule has 4 rings (SSSR count). The molecule has 0 unspecified atom stereocenters. The van der Waals surface area contributed by atoms with Gasteiger partial charge in [0.2, 0.25) is 0 Å². The molecule has 0 atom stereocenters. The number of hydrogen-bond acceptors (Lipinski definition) is 3. The predicted octanol–water partition coefficient (Wildman–Crippen LogP) is 5.11. The number of fused-ring (bicyclic) bond motifs is 1. The third-order valence-corrected chi connectivity index (χ3v) is 4.82. The second-order valence-electron chi connectivity index (χ2n) is 6.85. The number of ether oxygens (including phenoxy) is 1. The second-order valence-corrected chi connectivity index (χ2v) is 6.85. The van der Waals surface area contributed by atoms with Crippen LogP contribution in [-0.4, -0.2) is 28.6 Å². The zero-order chi connectivity index (χ0) is 21.8. The van der Waals surface area contributed by atoms with E-state index < -0.39 is 11.9 Å². The molecule has 0 radical (unpaired) electrons. The number of benzene rings is 3. The van der Waals surface area contributed by atoms with Gasteiger partial charge in [-0.2, -0.15) is 0 Å². The van der Waals surface area contributed by atoms with Crippen LogP contribution in [0.3, 0.4) is 0 Å². The Morgan fingerprint density at radius 2 is 1.77 bits per heavy atom. The summed E-state index contributed by atoms with van der Waals surface area (Å²) in [5, 5.41) is 10.6. The molecule has 0 aliphatic rings. The quantitative estimate of drug-likeness (QED) is 0.363. The highest BCUT2D eigenvalue weighted by Crippen LogP contribution is 2.31. The lowest BCUT2D eigenvalue weighted by Gasteiger charge is -2.10. The van der Waals surface area contributed by atoms with Crippen LogP contribution in [0.25, 0.3) is 22.0 Å². The Morgan fingerprint density at radius 1 is 0.968 bits per heavy atom. The van der Waals surface area contributed by atoms with Gasteiger partial charge in [0.1, 0.15) is 5.69 Å². The molecule has 2 N–H and O–H groups in total. The van der Waals surface area contributed by atoms with Crippen molar-refractivity contribution in [2.24, 2.45) is 0 Å². The summed E-state index contributed by atoms with van der Waals surface area (Å²) in [5.41, 5.74) is 3.91. The maximum Gasteiger partial charge on any atom is 0.354 e. The standard InChI is InChI=1S/C26H19NO4/c1-2-31-26(30)23-15-19-13-14-20(16-22(19)27-23)24-18(9-6-10-21(24)25(28)29)12-11-17-7-4-3-5-8-17/h3-10,13-16,27H,2H2,1H3,(H,28,29). The Morgan fingerprint density at radius 3 is 2.52 bits per heavy atom. The summed E-state index contributed by atoms with van der Waals surface area (Å²) >= 11 is 0. The Labute approximate surface area is 179 Å². The van der Waals surface area contributed by atoms with Crippen molar-refractivity contribution < 1.29 is 19.4 Å². The van der Waals surface area contributed by atoms with E-state index >= 15 is 0 Å². The molecule has 3 aromatic carbocycles. The summed E-state index contributed by atoms with van der Waals surface area (Å²) in [5.74, 6) is 4.75. The third kappa shape index (κ3) is 4.19. The van der Waals surface area contributed by atoms with Crippen LogP contribution in [0.1, 0.15) is 38.9 Å². The maximum absolute atomic E-state index is 12.0. The lowest BCUT2D eigenvalue weighted by Crippen LogP contribution is -2.04. The number of rotatable bonds is 4. The van der Waals surface area contributed by atoms with Crippen LogP contribution >= 0.6 is 0 Å². The van der Waals surface area contributed by atoms with Gasteiger partial charge in [0.05, 0.1) is 12.2 Å². The molecular formula is C26H19NO4. The van der Waals surface area contributed by atoms with E-state index in [-0.39, 0.29) is 12.2 Å². The van der Waals surface area contributed by atoms with Crippen LogP contribution in [0.15, 0.2) is 72.8 Å². The molecule has 0 fully saturated rings. The average Bonchev–Trinajstić information content (AvgIpc) is 3.22. The van der Waals surface area contributed by atoms with Gasteiger partial charge in [-0.05, 0) is 48.9 Å². The van der Waals surface area contributed by atoms with Gasteiger partial charge in [-0.15, -0.1) is 0 Å². The van der Waals surface area contributed by atoms with E-state index in [9.17, 15) is 14.7 Å². The van der Waals surface area contributed by atoms with Crippen LogP contribution < -0.4 is 0 Å². The number of hydrogen-bond donors (Lipinski definition) is 2. The molecule has 0 saturated heterocycles. The predicted molar refractivity (Wildman–Crippen MR) is 119 cm³/mol. The number of aromatic carboxylic acids is 1. The number of H-pyrrole nitrogens is 1. The van der Waals surface area contributed by atoms with E-state index in [1.807, 2.05) is 48.5 Å². The molecule has 31 heavy (non-hydrogen) atoms. The van der Waals surface area contributed by atoms with Crippen LogP contribution in [0.5, 0.6) is 0 Å². The Kier molecular flexibility index (Phi) is 5.55. The fourth-order valence-corrected chi connectivity index (χ4v) is 3.41. The molecule has 0 amide bonds. The number of carbonyl (C=O) groups is 2. The molecule has 152 valence electrons. The normalized spacial score (nSPS) is 10.4. The number of aromatic nitrogens is 1. The zero-order valence-electron chi connectivity index (χ0n) is 16.8. The summed E-state index contributed by atoms with van der Waals surface area (Å²) < 4.78 is 5.05. The number of carboxylic acids is 1. The van der Waals surface area contributed by atoms with Crippen LogP contribution in [0, 0.1) is 11.8 Å². The van der Waals surface area contributed by atoms with E-state index in [2.05, 4.69) is 16.8 Å². The molecule has 4 aromatic rings. The SMILES string of the molecule is CCOC(=O)c1cc2ccc(-c3c(C#Cc4ccccc4)cccc3C(=O)O)cc2[nH]1. The second kappa shape index (κ2) is 8.60. The zero-order valence-corrected chi connectivity index (χ0v) is 16.8. The Balaban J connectivity index is 1.84. The van der Waals surface area contributed by atoms with Crippen molar-refractivity contribution >= 4 is 22.8 Å². The molecule has 0 bridgehead atoms. The lowest BCUT2D eigenvalue weighted by atomic mass is 9.93. The molecule has 0 saturated carbocycles. The van der Waals surface area contributed by atoms with Gasteiger partial charge in [-0.1, -0.05) is 48.2 Å². The molecule has 5 heteroatoms. The minimum absolute atomic E-state index is 0.163. The summed E-state index contributed by atoms with van der Waals surface area (Å²) in [6, 6.07) is 21.8. The van der Waals surface area contributed by atoms with Crippen molar-refractivity contribution in [3.05, 3.63) is 95.2 Å². The summed E-state index contributed by atoms with van der Waals surface area (Å²) in [4.78, 5) is 27.0. The monoisotopic (exact) mass is 409 g/mol. The topological polar surface area (TPSA) is 79.4 Å². The number of esters is 1. The van der Waals surface area contributed by atoms with E-state index in [0.29, 0.717) is 27.9 Å². The highest BCUT2D eigenvalue weighted by molar-refractivity contribution is 6.00. The van der Waals surface area contributed by atoms with Crippen molar-refractivity contribution in [1.82, 2.24) is 4.98 Å². The van der Waals surface area contributed by atoms with Crippen LogP contribution in [0.2, 0.25) is 0 Å². The first-order valence-electron chi connectivity index (χ1n) is 9.80. The van der Waals surface area contributed by atoms with E-state index in [4.69, 9.17) is 4.74 Å². The van der Waals surface area contributed by atoms with Crippen molar-refractivity contribution in [2.45, 2.75) is 6.92 Å². The van der Waals surface area contributed by atoms with Gasteiger partial charge in [0.25, 0.3) is 0 Å². The van der Waals surface area contributed by atoms with Crippen molar-refractivity contribution in [3.63, 3.8) is 0 Å². The number of aromatic amines is 1. The maximum atomic E-state index is 12.0. The molecule has 5 nitrogen and oxygen atoms in total. The van der Waals surface area contributed by atoms with E-state index in [0.717, 1.165) is 10.9 Å². The highest BCUT2D eigenvalue weighted by Gasteiger charge is 2.17. The molecule has 0 aliphatic heterocycles. The minimum Gasteiger partial charge on any atom is -0.478 e. The first-order valence-corrected chi connectivity index (χ1v) is 9.80. The molecule has 1 aromatic heterocycles. The van der Waals surface area contributed by atoms with Gasteiger partial charge in [-0.25, -0.2) is 9.59 Å². The van der Waals surface area contributed by atoms with Crippen LogP contribution in [-0.2, 0) is 4.74 Å². The largest absolute Gasteiger partial charge is 0.478 e. The Bertz CT molecular complexity index is 1340. The molecule has 0 spiro atoms. The van der Waals surface area contributed by atoms with Gasteiger partial charge < -0.3 is 14.8 Å². The third-order valence-electron chi connectivity index (χ3n) is 4.82. The fraction of sp³-hybridized carbons (Fsp3) is 0.0769. The molecular weight excluding hydrogens is 390 g/mol. The fourth-order valence-electron chi connectivity index (χ4n) is 3.41. The van der Waals surface area contributed by atoms with E-state index in [1.54, 1.807) is 31.2 Å².